The average Bonchev–Trinajstić information content (AvgIpc) is 3.18. The Hall–Kier alpha value is -2.38. The van der Waals surface area contributed by atoms with Crippen molar-refractivity contribution in [3.63, 3.8) is 0 Å². The van der Waals surface area contributed by atoms with Crippen molar-refractivity contribution in [3.05, 3.63) is 45.8 Å². The summed E-state index contributed by atoms with van der Waals surface area (Å²) >= 11 is 0. The number of methoxy groups -OCH3 is 1. The summed E-state index contributed by atoms with van der Waals surface area (Å²) in [5, 5.41) is 0.435. The van der Waals surface area contributed by atoms with E-state index in [0.717, 1.165) is 5.56 Å². The largest absolute Gasteiger partial charge is 0.468 e. The molecule has 8 heteroatoms. The van der Waals surface area contributed by atoms with Crippen LogP contribution in [0, 0.1) is 18.3 Å². The summed E-state index contributed by atoms with van der Waals surface area (Å²) < 4.78 is 16.1. The first-order chi connectivity index (χ1) is 12.4. The Bertz CT molecular complexity index is 970. The van der Waals surface area contributed by atoms with Gasteiger partial charge in [0, 0.05) is 25.1 Å². The third kappa shape index (κ3) is 3.00. The number of fused-ring (bicyclic) bond motifs is 2. The molecule has 3 heterocycles. The van der Waals surface area contributed by atoms with E-state index in [1.807, 2.05) is 13.0 Å². The number of aryl methyl sites for hydroxylation is 1. The molecule has 0 saturated carbocycles. The van der Waals surface area contributed by atoms with Crippen molar-refractivity contribution >= 4 is 35.3 Å². The molecule has 0 spiro atoms. The number of ether oxygens (including phenoxy) is 2. The second-order valence-corrected chi connectivity index (χ2v) is 7.02. The molecule has 27 heavy (non-hydrogen) atoms. The van der Waals surface area contributed by atoms with Crippen LogP contribution in [-0.2, 0) is 14.3 Å². The quantitative estimate of drug-likeness (QED) is 0.723. The van der Waals surface area contributed by atoms with Crippen LogP contribution >= 0.6 is 12.4 Å². The van der Waals surface area contributed by atoms with Gasteiger partial charge in [-0.05, 0) is 24.6 Å². The van der Waals surface area contributed by atoms with Crippen LogP contribution in [-0.4, -0.2) is 50.2 Å². The number of carbonyl (C=O) groups excluding carboxylic acids is 2. The smallest absolute Gasteiger partial charge is 0.316 e. The maximum absolute atomic E-state index is 12.9. The lowest BCUT2D eigenvalue weighted by atomic mass is 9.81. The van der Waals surface area contributed by atoms with E-state index >= 15 is 0 Å². The van der Waals surface area contributed by atoms with E-state index < -0.39 is 11.3 Å². The first-order valence-corrected chi connectivity index (χ1v) is 8.44. The van der Waals surface area contributed by atoms with Gasteiger partial charge in [0.15, 0.2) is 11.2 Å². The third-order valence-electron chi connectivity index (χ3n) is 5.35. The zero-order valence-electron chi connectivity index (χ0n) is 15.0. The molecule has 2 saturated heterocycles. The second kappa shape index (κ2) is 6.98. The maximum Gasteiger partial charge on any atom is 0.316 e. The number of amides is 1. The van der Waals surface area contributed by atoms with Crippen molar-refractivity contribution in [1.82, 2.24) is 4.90 Å². The van der Waals surface area contributed by atoms with E-state index in [0.29, 0.717) is 24.1 Å². The number of halogens is 1. The molecule has 2 aliphatic heterocycles. The van der Waals surface area contributed by atoms with Gasteiger partial charge < -0.3 is 18.8 Å². The van der Waals surface area contributed by atoms with E-state index in [2.05, 4.69) is 0 Å². The minimum Gasteiger partial charge on any atom is -0.468 e. The van der Waals surface area contributed by atoms with Gasteiger partial charge in [-0.3, -0.25) is 14.4 Å². The van der Waals surface area contributed by atoms with Crippen LogP contribution < -0.4 is 5.43 Å². The molecule has 1 aromatic heterocycles. The maximum atomic E-state index is 12.9. The van der Waals surface area contributed by atoms with Gasteiger partial charge in [0.25, 0.3) is 5.91 Å². The van der Waals surface area contributed by atoms with Gasteiger partial charge in [-0.15, -0.1) is 12.4 Å². The Balaban J connectivity index is 0.00000210. The highest BCUT2D eigenvalue weighted by molar-refractivity contribution is 5.94. The van der Waals surface area contributed by atoms with Crippen LogP contribution in [0.2, 0.25) is 0 Å². The molecule has 2 atom stereocenters. The first kappa shape index (κ1) is 19.4. The molecule has 0 unspecified atom stereocenters. The molecule has 7 nitrogen and oxygen atoms in total. The van der Waals surface area contributed by atoms with E-state index in [9.17, 15) is 14.4 Å². The number of benzene rings is 1. The molecule has 144 valence electrons. The Morgan fingerprint density at radius 3 is 2.81 bits per heavy atom. The Labute approximate surface area is 161 Å². The van der Waals surface area contributed by atoms with E-state index in [4.69, 9.17) is 13.9 Å². The number of hydrogen-bond acceptors (Lipinski definition) is 6. The summed E-state index contributed by atoms with van der Waals surface area (Å²) in [7, 11) is 1.33. The number of nitrogens with zero attached hydrogens (tertiary/aromatic N) is 1. The lowest BCUT2D eigenvalue weighted by Crippen LogP contribution is -2.41. The summed E-state index contributed by atoms with van der Waals surface area (Å²) in [5.41, 5.74) is 0.215. The number of esters is 1. The van der Waals surface area contributed by atoms with Crippen LogP contribution in [0.3, 0.4) is 0 Å². The van der Waals surface area contributed by atoms with Gasteiger partial charge in [-0.1, -0.05) is 6.07 Å². The normalized spacial score (nSPS) is 23.8. The zero-order valence-corrected chi connectivity index (χ0v) is 15.8. The molecule has 2 aromatic rings. The van der Waals surface area contributed by atoms with E-state index in [-0.39, 0.29) is 48.6 Å². The number of rotatable bonds is 2. The molecule has 4 rings (SSSR count). The SMILES string of the molecule is COC(=O)[C@@]12COC[C@@H]1CN(C(=O)c1cc(=O)c3ccc(C)cc3o1)C2.Cl. The van der Waals surface area contributed by atoms with Gasteiger partial charge in [-0.25, -0.2) is 0 Å². The van der Waals surface area contributed by atoms with Crippen LogP contribution in [0.5, 0.6) is 0 Å². The van der Waals surface area contributed by atoms with Gasteiger partial charge >= 0.3 is 5.97 Å². The highest BCUT2D eigenvalue weighted by Crippen LogP contribution is 2.42. The molecular formula is C19H20ClNO6. The monoisotopic (exact) mass is 393 g/mol. The third-order valence-corrected chi connectivity index (χ3v) is 5.35. The van der Waals surface area contributed by atoms with Crippen LogP contribution in [0.15, 0.2) is 33.5 Å². The van der Waals surface area contributed by atoms with Crippen molar-refractivity contribution < 1.29 is 23.5 Å². The van der Waals surface area contributed by atoms with Crippen LogP contribution in [0.1, 0.15) is 16.1 Å². The number of carbonyl (C=O) groups is 2. The summed E-state index contributed by atoms with van der Waals surface area (Å²) in [6.45, 7) is 3.08. The minimum atomic E-state index is -0.835. The van der Waals surface area contributed by atoms with Crippen molar-refractivity contribution in [2.45, 2.75) is 6.92 Å². The summed E-state index contributed by atoms with van der Waals surface area (Å²) in [4.78, 5) is 39.1. The summed E-state index contributed by atoms with van der Waals surface area (Å²) in [5.74, 6) is -0.906. The van der Waals surface area contributed by atoms with E-state index in [1.54, 1.807) is 17.0 Å². The second-order valence-electron chi connectivity index (χ2n) is 7.02. The predicted octanol–water partition coefficient (Wildman–Crippen LogP) is 1.78. The average molecular weight is 394 g/mol. The molecule has 0 N–H and O–H groups in total. The zero-order chi connectivity index (χ0) is 18.5. The fraction of sp³-hybridized carbons (Fsp3) is 0.421. The summed E-state index contributed by atoms with van der Waals surface area (Å²) in [6, 6.07) is 6.46. The Kier molecular flexibility index (Phi) is 5.01. The molecule has 0 aliphatic carbocycles. The van der Waals surface area contributed by atoms with Crippen molar-refractivity contribution in [1.29, 1.82) is 0 Å². The van der Waals surface area contributed by atoms with Crippen molar-refractivity contribution in [3.8, 4) is 0 Å². The fourth-order valence-corrected chi connectivity index (χ4v) is 3.91. The van der Waals surface area contributed by atoms with Gasteiger partial charge in [-0.2, -0.15) is 0 Å². The van der Waals surface area contributed by atoms with Crippen LogP contribution in [0.4, 0.5) is 0 Å². The highest BCUT2D eigenvalue weighted by Gasteiger charge is 2.58. The highest BCUT2D eigenvalue weighted by atomic mass is 35.5. The molecular weight excluding hydrogens is 374 g/mol. The van der Waals surface area contributed by atoms with Crippen LogP contribution in [0.25, 0.3) is 11.0 Å². The Morgan fingerprint density at radius 1 is 1.30 bits per heavy atom. The Morgan fingerprint density at radius 2 is 2.07 bits per heavy atom. The molecule has 2 aliphatic rings. The predicted molar refractivity (Wildman–Crippen MR) is 99.1 cm³/mol. The fourth-order valence-electron chi connectivity index (χ4n) is 3.91. The molecule has 0 bridgehead atoms. The number of hydrogen-bond donors (Lipinski definition) is 0. The first-order valence-electron chi connectivity index (χ1n) is 8.44. The van der Waals surface area contributed by atoms with E-state index in [1.165, 1.54) is 13.2 Å². The van der Waals surface area contributed by atoms with Gasteiger partial charge in [0.2, 0.25) is 0 Å². The van der Waals surface area contributed by atoms with Crippen molar-refractivity contribution in [2.75, 3.05) is 33.4 Å². The summed E-state index contributed by atoms with van der Waals surface area (Å²) in [6.07, 6.45) is 0. The topological polar surface area (TPSA) is 86.0 Å². The minimum absolute atomic E-state index is 0. The van der Waals surface area contributed by atoms with Gasteiger partial charge in [0.05, 0.1) is 25.7 Å². The molecule has 1 amide bonds. The molecule has 2 fully saturated rings. The molecule has 0 radical (unpaired) electrons. The van der Waals surface area contributed by atoms with Gasteiger partial charge in [0.1, 0.15) is 11.0 Å². The number of likely N-dealkylation sites (tertiary alicyclic amines) is 1. The molecule has 1 aromatic carbocycles. The standard InChI is InChI=1S/C19H19NO6.ClH/c1-11-3-4-13-14(21)6-16(26-15(13)5-11)17(22)20-7-12-8-25-10-19(12,9-20)18(23)24-2;/h3-6,12H,7-10H2,1-2H3;1H/t12-,19-;/m0./s1. The lowest BCUT2D eigenvalue weighted by Gasteiger charge is -2.23. The lowest BCUT2D eigenvalue weighted by molar-refractivity contribution is -0.153. The van der Waals surface area contributed by atoms with Crippen molar-refractivity contribution in [2.24, 2.45) is 11.3 Å².